The third-order valence-electron chi connectivity index (χ3n) is 4.98. The number of benzene rings is 1. The minimum atomic E-state index is -0.537. The zero-order valence-electron chi connectivity index (χ0n) is 18.5. The van der Waals surface area contributed by atoms with Crippen molar-refractivity contribution >= 4 is 12.0 Å². The predicted octanol–water partition coefficient (Wildman–Crippen LogP) is 3.35. The predicted molar refractivity (Wildman–Crippen MR) is 111 cm³/mol. The van der Waals surface area contributed by atoms with Crippen LogP contribution in [0.5, 0.6) is 11.5 Å². The third kappa shape index (κ3) is 6.54. The van der Waals surface area contributed by atoms with Crippen molar-refractivity contribution in [3.8, 4) is 11.5 Å². The number of rotatable bonds is 6. The Bertz CT molecular complexity index is 714. The molecule has 1 aliphatic rings. The maximum Gasteiger partial charge on any atom is 0.410 e. The van der Waals surface area contributed by atoms with Crippen LogP contribution in [-0.2, 0) is 16.0 Å². The van der Waals surface area contributed by atoms with E-state index in [2.05, 4.69) is 0 Å². The Labute approximate surface area is 173 Å². The highest BCUT2D eigenvalue weighted by Gasteiger charge is 2.32. The Morgan fingerprint density at radius 3 is 2.48 bits per heavy atom. The summed E-state index contributed by atoms with van der Waals surface area (Å²) in [6, 6.07) is 5.78. The first kappa shape index (κ1) is 22.8. The average molecular weight is 407 g/mol. The van der Waals surface area contributed by atoms with Gasteiger partial charge in [0.1, 0.15) is 5.60 Å². The van der Waals surface area contributed by atoms with Gasteiger partial charge in [0, 0.05) is 26.7 Å². The lowest BCUT2D eigenvalue weighted by molar-refractivity contribution is -0.135. The summed E-state index contributed by atoms with van der Waals surface area (Å²) < 4.78 is 16.1. The Morgan fingerprint density at radius 1 is 1.17 bits per heavy atom. The molecule has 2 rings (SSSR count). The summed E-state index contributed by atoms with van der Waals surface area (Å²) >= 11 is 0. The topological polar surface area (TPSA) is 68.3 Å². The van der Waals surface area contributed by atoms with Gasteiger partial charge in [-0.15, -0.1) is 0 Å². The van der Waals surface area contributed by atoms with Crippen LogP contribution in [0.3, 0.4) is 0 Å². The number of carbonyl (C=O) groups is 2. The fourth-order valence-corrected chi connectivity index (χ4v) is 3.43. The van der Waals surface area contributed by atoms with E-state index in [1.807, 2.05) is 46.0 Å². The zero-order chi connectivity index (χ0) is 21.6. The second-order valence-corrected chi connectivity index (χ2v) is 8.46. The van der Waals surface area contributed by atoms with Crippen LogP contribution in [0.25, 0.3) is 0 Å². The van der Waals surface area contributed by atoms with Gasteiger partial charge in [-0.1, -0.05) is 6.07 Å². The number of hydrogen-bond acceptors (Lipinski definition) is 5. The molecule has 1 fully saturated rings. The van der Waals surface area contributed by atoms with Crippen LogP contribution in [0.2, 0.25) is 0 Å². The summed E-state index contributed by atoms with van der Waals surface area (Å²) in [7, 11) is 5.03. The van der Waals surface area contributed by atoms with Crippen LogP contribution in [0.1, 0.15) is 39.2 Å². The highest BCUT2D eigenvalue weighted by molar-refractivity contribution is 5.80. The number of nitrogens with zero attached hydrogens (tertiary/aromatic N) is 2. The highest BCUT2D eigenvalue weighted by atomic mass is 16.6. The minimum absolute atomic E-state index is 0.0683. The van der Waals surface area contributed by atoms with Crippen LogP contribution < -0.4 is 9.47 Å². The summed E-state index contributed by atoms with van der Waals surface area (Å²) in [5, 5.41) is 0. The van der Waals surface area contributed by atoms with Gasteiger partial charge in [0.05, 0.1) is 20.1 Å². The van der Waals surface area contributed by atoms with Crippen LogP contribution in [0.4, 0.5) is 4.79 Å². The number of likely N-dealkylation sites (tertiary alicyclic amines) is 1. The summed E-state index contributed by atoms with van der Waals surface area (Å²) in [4.78, 5) is 28.6. The molecule has 1 heterocycles. The van der Waals surface area contributed by atoms with Crippen molar-refractivity contribution in [2.45, 2.75) is 45.6 Å². The highest BCUT2D eigenvalue weighted by Crippen LogP contribution is 2.28. The summed E-state index contributed by atoms with van der Waals surface area (Å²) in [6.07, 6.45) is 1.96. The number of hydrogen-bond donors (Lipinski definition) is 0. The lowest BCUT2D eigenvalue weighted by Gasteiger charge is -2.35. The zero-order valence-corrected chi connectivity index (χ0v) is 18.5. The molecular formula is C22H34N2O5. The van der Waals surface area contributed by atoms with Gasteiger partial charge in [-0.2, -0.15) is 0 Å². The fourth-order valence-electron chi connectivity index (χ4n) is 3.43. The van der Waals surface area contributed by atoms with Gasteiger partial charge in [-0.25, -0.2) is 4.79 Å². The molecule has 0 spiro atoms. The van der Waals surface area contributed by atoms with E-state index < -0.39 is 5.60 Å². The van der Waals surface area contributed by atoms with Crippen molar-refractivity contribution < 1.29 is 23.8 Å². The van der Waals surface area contributed by atoms with E-state index >= 15 is 0 Å². The maximum absolute atomic E-state index is 12.9. The molecule has 1 atom stereocenters. The number of carbonyl (C=O) groups excluding carboxylic acids is 2. The van der Waals surface area contributed by atoms with Crippen molar-refractivity contribution in [3.05, 3.63) is 23.8 Å². The minimum Gasteiger partial charge on any atom is -0.493 e. The van der Waals surface area contributed by atoms with Crippen molar-refractivity contribution in [1.82, 2.24) is 9.80 Å². The van der Waals surface area contributed by atoms with Crippen LogP contribution in [-0.4, -0.2) is 68.3 Å². The Balaban J connectivity index is 1.91. The van der Waals surface area contributed by atoms with Crippen molar-refractivity contribution in [2.75, 3.05) is 40.9 Å². The van der Waals surface area contributed by atoms with Gasteiger partial charge in [0.15, 0.2) is 11.5 Å². The summed E-state index contributed by atoms with van der Waals surface area (Å²) in [6.45, 7) is 7.18. The van der Waals surface area contributed by atoms with Crippen molar-refractivity contribution in [1.29, 1.82) is 0 Å². The largest absolute Gasteiger partial charge is 0.493 e. The number of piperidine rings is 1. The second kappa shape index (κ2) is 9.85. The molecule has 0 bridgehead atoms. The van der Waals surface area contributed by atoms with Gasteiger partial charge in [-0.05, 0) is 57.7 Å². The number of methoxy groups -OCH3 is 2. The molecule has 7 nitrogen and oxygen atoms in total. The molecule has 2 amide bonds. The van der Waals surface area contributed by atoms with Crippen LogP contribution >= 0.6 is 0 Å². The third-order valence-corrected chi connectivity index (χ3v) is 4.98. The lowest BCUT2D eigenvalue weighted by atomic mass is 9.96. The summed E-state index contributed by atoms with van der Waals surface area (Å²) in [5.41, 5.74) is 0.533. The van der Waals surface area contributed by atoms with Gasteiger partial charge in [-0.3, -0.25) is 4.79 Å². The first-order chi connectivity index (χ1) is 13.6. The van der Waals surface area contributed by atoms with Gasteiger partial charge >= 0.3 is 6.09 Å². The number of likely N-dealkylation sites (N-methyl/N-ethyl adjacent to an activating group) is 1. The molecule has 162 valence electrons. The Kier molecular flexibility index (Phi) is 7.76. The van der Waals surface area contributed by atoms with Crippen molar-refractivity contribution in [2.24, 2.45) is 5.92 Å². The molecule has 0 aliphatic carbocycles. The lowest BCUT2D eigenvalue weighted by Crippen LogP contribution is -2.47. The van der Waals surface area contributed by atoms with E-state index in [-0.39, 0.29) is 17.9 Å². The molecule has 1 aromatic rings. The molecule has 0 N–H and O–H groups in total. The molecule has 0 unspecified atom stereocenters. The first-order valence-corrected chi connectivity index (χ1v) is 10.1. The van der Waals surface area contributed by atoms with E-state index in [9.17, 15) is 9.59 Å². The molecule has 1 saturated heterocycles. The molecule has 0 aromatic heterocycles. The van der Waals surface area contributed by atoms with E-state index in [1.54, 1.807) is 24.0 Å². The first-order valence-electron chi connectivity index (χ1n) is 10.1. The van der Waals surface area contributed by atoms with Crippen molar-refractivity contribution in [3.63, 3.8) is 0 Å². The molecule has 0 radical (unpaired) electrons. The standard InChI is InChI=1S/C22H34N2O5/c1-22(2,3)29-21(26)24-12-7-8-17(15-24)20(25)23(4)13-11-16-9-10-18(27-5)19(14-16)28-6/h9-10,14,17H,7-8,11-13,15H2,1-6H3/t17-/m1/s1. The SMILES string of the molecule is COc1ccc(CCN(C)C(=O)[C@@H]2CCCN(C(=O)OC(C)(C)C)C2)cc1OC. The molecule has 1 aromatic carbocycles. The van der Waals surface area contributed by atoms with E-state index in [1.165, 1.54) is 0 Å². The van der Waals surface area contributed by atoms with Crippen LogP contribution in [0, 0.1) is 5.92 Å². The molecular weight excluding hydrogens is 372 g/mol. The fraction of sp³-hybridized carbons (Fsp3) is 0.636. The summed E-state index contributed by atoms with van der Waals surface area (Å²) in [5.74, 6) is 1.25. The smallest absolute Gasteiger partial charge is 0.410 e. The van der Waals surface area contributed by atoms with E-state index in [0.717, 1.165) is 18.4 Å². The van der Waals surface area contributed by atoms with Gasteiger partial charge < -0.3 is 24.0 Å². The Morgan fingerprint density at radius 2 is 1.86 bits per heavy atom. The molecule has 0 saturated carbocycles. The molecule has 7 heteroatoms. The van der Waals surface area contributed by atoms with E-state index in [0.29, 0.717) is 37.6 Å². The van der Waals surface area contributed by atoms with Gasteiger partial charge in [0.2, 0.25) is 5.91 Å². The molecule has 29 heavy (non-hydrogen) atoms. The average Bonchev–Trinajstić information content (AvgIpc) is 2.69. The second-order valence-electron chi connectivity index (χ2n) is 8.46. The van der Waals surface area contributed by atoms with Gasteiger partial charge in [0.25, 0.3) is 0 Å². The quantitative estimate of drug-likeness (QED) is 0.725. The number of amides is 2. The normalized spacial score (nSPS) is 16.9. The maximum atomic E-state index is 12.9. The Hall–Kier alpha value is -2.44. The van der Waals surface area contributed by atoms with E-state index in [4.69, 9.17) is 14.2 Å². The number of ether oxygens (including phenoxy) is 3. The van der Waals surface area contributed by atoms with Crippen LogP contribution in [0.15, 0.2) is 18.2 Å². The monoisotopic (exact) mass is 406 g/mol. The molecule has 1 aliphatic heterocycles.